The van der Waals surface area contributed by atoms with Crippen LogP contribution < -0.4 is 0 Å². The highest BCUT2D eigenvalue weighted by molar-refractivity contribution is 6.09. The molecule has 0 fully saturated rings. The summed E-state index contributed by atoms with van der Waals surface area (Å²) in [5, 5.41) is 4.61. The third-order valence-electron chi connectivity index (χ3n) is 3.38. The summed E-state index contributed by atoms with van der Waals surface area (Å²) in [6, 6.07) is 18.1. The first-order valence-electron chi connectivity index (χ1n) is 7.09. The summed E-state index contributed by atoms with van der Waals surface area (Å²) in [7, 11) is 0. The van der Waals surface area contributed by atoms with Crippen LogP contribution in [0.3, 0.4) is 0 Å². The summed E-state index contributed by atoms with van der Waals surface area (Å²) in [4.78, 5) is 12.1. The van der Waals surface area contributed by atoms with Gasteiger partial charge in [0.15, 0.2) is 0 Å². The zero-order chi connectivity index (χ0) is 15.0. The van der Waals surface area contributed by atoms with Crippen LogP contribution in [0.2, 0.25) is 0 Å². The maximum absolute atomic E-state index is 12.1. The summed E-state index contributed by atoms with van der Waals surface area (Å²) < 4.78 is 5.42. The van der Waals surface area contributed by atoms with E-state index < -0.39 is 5.60 Å². The third kappa shape index (κ3) is 2.75. The standard InChI is InChI=1S/C19H18O2/c1-19(2,3)21-18(20)15-10-11-17-14(12-15)9-8-13-6-4-5-7-16(13)17/h4-12H,1-3H3. The molecule has 0 amide bonds. The van der Waals surface area contributed by atoms with Gasteiger partial charge in [0.1, 0.15) is 5.60 Å². The molecule has 3 aromatic rings. The summed E-state index contributed by atoms with van der Waals surface area (Å²) in [5.41, 5.74) is 0.114. The predicted molar refractivity (Wildman–Crippen MR) is 86.6 cm³/mol. The fraction of sp³-hybridized carbons (Fsp3) is 0.211. The molecule has 0 spiro atoms. The monoisotopic (exact) mass is 278 g/mol. The Balaban J connectivity index is 2.09. The third-order valence-corrected chi connectivity index (χ3v) is 3.38. The Hall–Kier alpha value is -2.35. The van der Waals surface area contributed by atoms with E-state index in [0.29, 0.717) is 5.56 Å². The highest BCUT2D eigenvalue weighted by atomic mass is 16.6. The van der Waals surface area contributed by atoms with Gasteiger partial charge in [-0.15, -0.1) is 0 Å². The van der Waals surface area contributed by atoms with Gasteiger partial charge in [-0.25, -0.2) is 4.79 Å². The molecule has 106 valence electrons. The molecule has 21 heavy (non-hydrogen) atoms. The Morgan fingerprint density at radius 1 is 0.857 bits per heavy atom. The maximum atomic E-state index is 12.1. The predicted octanol–water partition coefficient (Wildman–Crippen LogP) is 4.95. The van der Waals surface area contributed by atoms with E-state index in [4.69, 9.17) is 4.74 Å². The molecule has 0 aliphatic heterocycles. The number of ether oxygens (including phenoxy) is 1. The van der Waals surface area contributed by atoms with Crippen molar-refractivity contribution in [1.29, 1.82) is 0 Å². The highest BCUT2D eigenvalue weighted by Gasteiger charge is 2.18. The van der Waals surface area contributed by atoms with Crippen molar-refractivity contribution in [2.24, 2.45) is 0 Å². The zero-order valence-electron chi connectivity index (χ0n) is 12.5. The number of benzene rings is 3. The van der Waals surface area contributed by atoms with Crippen LogP contribution in [-0.4, -0.2) is 11.6 Å². The highest BCUT2D eigenvalue weighted by Crippen LogP contribution is 2.26. The van der Waals surface area contributed by atoms with Crippen LogP contribution in [0, 0.1) is 0 Å². The Labute approximate surface area is 124 Å². The summed E-state index contributed by atoms with van der Waals surface area (Å²) in [6.07, 6.45) is 0. The van der Waals surface area contributed by atoms with Crippen molar-refractivity contribution in [3.05, 3.63) is 60.2 Å². The lowest BCUT2D eigenvalue weighted by atomic mass is 10.0. The molecule has 0 aliphatic rings. The smallest absolute Gasteiger partial charge is 0.338 e. The molecule has 0 saturated carbocycles. The maximum Gasteiger partial charge on any atom is 0.338 e. The Bertz CT molecular complexity index is 826. The van der Waals surface area contributed by atoms with Gasteiger partial charge in [-0.05, 0) is 54.4 Å². The molecule has 0 atom stereocenters. The second-order valence-corrected chi connectivity index (χ2v) is 6.22. The van der Waals surface area contributed by atoms with Crippen molar-refractivity contribution in [1.82, 2.24) is 0 Å². The van der Waals surface area contributed by atoms with Gasteiger partial charge in [-0.1, -0.05) is 42.5 Å². The zero-order valence-corrected chi connectivity index (χ0v) is 12.5. The van der Waals surface area contributed by atoms with Crippen molar-refractivity contribution >= 4 is 27.5 Å². The van der Waals surface area contributed by atoms with Crippen molar-refractivity contribution in [3.63, 3.8) is 0 Å². The molecule has 2 nitrogen and oxygen atoms in total. The first-order chi connectivity index (χ1) is 9.94. The van der Waals surface area contributed by atoms with E-state index >= 15 is 0 Å². The molecule has 0 saturated heterocycles. The van der Waals surface area contributed by atoms with Gasteiger partial charge in [0.25, 0.3) is 0 Å². The van der Waals surface area contributed by atoms with Crippen molar-refractivity contribution in [2.75, 3.05) is 0 Å². The van der Waals surface area contributed by atoms with Crippen LogP contribution in [0.5, 0.6) is 0 Å². The minimum absolute atomic E-state index is 0.280. The average Bonchev–Trinajstić information content (AvgIpc) is 2.44. The molecule has 0 N–H and O–H groups in total. The van der Waals surface area contributed by atoms with Crippen molar-refractivity contribution in [3.8, 4) is 0 Å². The van der Waals surface area contributed by atoms with E-state index in [1.165, 1.54) is 10.8 Å². The van der Waals surface area contributed by atoms with E-state index in [0.717, 1.165) is 10.8 Å². The molecule has 0 aliphatic carbocycles. The lowest BCUT2D eigenvalue weighted by Crippen LogP contribution is -2.23. The fourth-order valence-electron chi connectivity index (χ4n) is 2.48. The molecular weight excluding hydrogens is 260 g/mol. The van der Waals surface area contributed by atoms with Crippen LogP contribution >= 0.6 is 0 Å². The van der Waals surface area contributed by atoms with E-state index in [2.05, 4.69) is 18.2 Å². The second-order valence-electron chi connectivity index (χ2n) is 6.22. The van der Waals surface area contributed by atoms with Crippen molar-refractivity contribution < 1.29 is 9.53 Å². The largest absolute Gasteiger partial charge is 0.456 e. The Morgan fingerprint density at radius 3 is 2.29 bits per heavy atom. The van der Waals surface area contributed by atoms with Crippen LogP contribution in [0.25, 0.3) is 21.5 Å². The van der Waals surface area contributed by atoms with Crippen LogP contribution in [-0.2, 0) is 4.74 Å². The molecule has 0 unspecified atom stereocenters. The first kappa shape index (κ1) is 13.6. The van der Waals surface area contributed by atoms with E-state index in [1.54, 1.807) is 0 Å². The van der Waals surface area contributed by atoms with Gasteiger partial charge in [-0.3, -0.25) is 0 Å². The van der Waals surface area contributed by atoms with Gasteiger partial charge < -0.3 is 4.74 Å². The lowest BCUT2D eigenvalue weighted by molar-refractivity contribution is 0.00697. The van der Waals surface area contributed by atoms with Crippen LogP contribution in [0.4, 0.5) is 0 Å². The van der Waals surface area contributed by atoms with Crippen LogP contribution in [0.15, 0.2) is 54.6 Å². The Kier molecular flexibility index (Phi) is 3.17. The SMILES string of the molecule is CC(C)(C)OC(=O)c1ccc2c(ccc3ccccc32)c1. The van der Waals surface area contributed by atoms with Crippen LogP contribution in [0.1, 0.15) is 31.1 Å². The molecule has 0 aromatic heterocycles. The molecular formula is C19H18O2. The average molecular weight is 278 g/mol. The fourth-order valence-corrected chi connectivity index (χ4v) is 2.48. The number of rotatable bonds is 1. The van der Waals surface area contributed by atoms with Gasteiger partial charge in [0.05, 0.1) is 5.56 Å². The molecule has 2 heteroatoms. The Morgan fingerprint density at radius 2 is 1.52 bits per heavy atom. The number of hydrogen-bond donors (Lipinski definition) is 0. The number of fused-ring (bicyclic) bond motifs is 3. The molecule has 0 heterocycles. The van der Waals surface area contributed by atoms with Gasteiger partial charge in [0, 0.05) is 0 Å². The first-order valence-corrected chi connectivity index (χ1v) is 7.09. The molecule has 3 rings (SSSR count). The quantitative estimate of drug-likeness (QED) is 0.465. The molecule has 0 bridgehead atoms. The summed E-state index contributed by atoms with van der Waals surface area (Å²) in [6.45, 7) is 5.62. The van der Waals surface area contributed by atoms with E-state index in [1.807, 2.05) is 57.2 Å². The number of hydrogen-bond acceptors (Lipinski definition) is 2. The summed E-state index contributed by atoms with van der Waals surface area (Å²) >= 11 is 0. The van der Waals surface area contributed by atoms with Gasteiger partial charge in [0.2, 0.25) is 0 Å². The molecule has 3 aromatic carbocycles. The number of carbonyl (C=O) groups excluding carboxylic acids is 1. The summed E-state index contributed by atoms with van der Waals surface area (Å²) in [5.74, 6) is -0.280. The number of carbonyl (C=O) groups is 1. The lowest BCUT2D eigenvalue weighted by Gasteiger charge is -2.19. The minimum Gasteiger partial charge on any atom is -0.456 e. The topological polar surface area (TPSA) is 26.3 Å². The molecule has 0 radical (unpaired) electrons. The van der Waals surface area contributed by atoms with E-state index in [-0.39, 0.29) is 5.97 Å². The second kappa shape index (κ2) is 4.88. The normalized spacial score (nSPS) is 11.8. The number of esters is 1. The van der Waals surface area contributed by atoms with Gasteiger partial charge in [-0.2, -0.15) is 0 Å². The minimum atomic E-state index is -0.477. The van der Waals surface area contributed by atoms with Crippen molar-refractivity contribution in [2.45, 2.75) is 26.4 Å². The van der Waals surface area contributed by atoms with Gasteiger partial charge >= 0.3 is 5.97 Å². The van der Waals surface area contributed by atoms with E-state index in [9.17, 15) is 4.79 Å².